The van der Waals surface area contributed by atoms with Gasteiger partial charge in [-0.2, -0.15) is 0 Å². The van der Waals surface area contributed by atoms with Gasteiger partial charge in [0.1, 0.15) is 5.82 Å². The molecule has 1 unspecified atom stereocenters. The first-order valence-electron chi connectivity index (χ1n) is 6.36. The van der Waals surface area contributed by atoms with Crippen molar-refractivity contribution < 1.29 is 9.13 Å². The second-order valence-corrected chi connectivity index (χ2v) is 5.12. The molecule has 1 N–H and O–H groups in total. The van der Waals surface area contributed by atoms with E-state index in [1.54, 1.807) is 0 Å². The van der Waals surface area contributed by atoms with Crippen molar-refractivity contribution >= 4 is 15.9 Å². The Hall–Kier alpha value is -0.450. The second kappa shape index (κ2) is 8.62. The Balaban J connectivity index is 2.46. The molecule has 0 aliphatic rings. The SMILES string of the molecule is CCOCCCC(Cc1ccc(F)cc1Br)NC. The van der Waals surface area contributed by atoms with E-state index in [2.05, 4.69) is 21.2 Å². The van der Waals surface area contributed by atoms with Crippen LogP contribution in [0.3, 0.4) is 0 Å². The Morgan fingerprint density at radius 3 is 2.83 bits per heavy atom. The third kappa shape index (κ3) is 5.46. The van der Waals surface area contributed by atoms with E-state index >= 15 is 0 Å². The summed E-state index contributed by atoms with van der Waals surface area (Å²) >= 11 is 3.41. The van der Waals surface area contributed by atoms with Crippen molar-refractivity contribution in [1.29, 1.82) is 0 Å². The summed E-state index contributed by atoms with van der Waals surface area (Å²) < 4.78 is 19.2. The van der Waals surface area contributed by atoms with Crippen molar-refractivity contribution in [2.75, 3.05) is 20.3 Å². The van der Waals surface area contributed by atoms with Gasteiger partial charge in [0.15, 0.2) is 0 Å². The molecule has 0 saturated carbocycles. The second-order valence-electron chi connectivity index (χ2n) is 4.26. The maximum Gasteiger partial charge on any atom is 0.124 e. The molecule has 0 aliphatic heterocycles. The van der Waals surface area contributed by atoms with Gasteiger partial charge in [-0.25, -0.2) is 4.39 Å². The molecule has 0 aliphatic carbocycles. The quantitative estimate of drug-likeness (QED) is 0.740. The van der Waals surface area contributed by atoms with Gasteiger partial charge in [0, 0.05) is 23.7 Å². The van der Waals surface area contributed by atoms with Crippen LogP contribution in [0, 0.1) is 5.82 Å². The van der Waals surface area contributed by atoms with Crippen LogP contribution in [-0.4, -0.2) is 26.3 Å². The molecular formula is C14H21BrFNO. The molecule has 1 aromatic rings. The lowest BCUT2D eigenvalue weighted by atomic mass is 10.0. The largest absolute Gasteiger partial charge is 0.382 e. The van der Waals surface area contributed by atoms with Crippen LogP contribution < -0.4 is 5.32 Å². The lowest BCUT2D eigenvalue weighted by Crippen LogP contribution is -2.28. The van der Waals surface area contributed by atoms with Crippen molar-refractivity contribution in [1.82, 2.24) is 5.32 Å². The highest BCUT2D eigenvalue weighted by Gasteiger charge is 2.10. The molecule has 0 spiro atoms. The molecule has 0 saturated heterocycles. The van der Waals surface area contributed by atoms with Gasteiger partial charge >= 0.3 is 0 Å². The first kappa shape index (κ1) is 15.6. The lowest BCUT2D eigenvalue weighted by molar-refractivity contribution is 0.141. The summed E-state index contributed by atoms with van der Waals surface area (Å²) in [4.78, 5) is 0. The van der Waals surface area contributed by atoms with Crippen LogP contribution >= 0.6 is 15.9 Å². The van der Waals surface area contributed by atoms with Crippen LogP contribution in [0.2, 0.25) is 0 Å². The van der Waals surface area contributed by atoms with E-state index in [9.17, 15) is 4.39 Å². The molecule has 18 heavy (non-hydrogen) atoms. The molecule has 0 heterocycles. The van der Waals surface area contributed by atoms with E-state index in [-0.39, 0.29) is 5.82 Å². The average Bonchev–Trinajstić information content (AvgIpc) is 2.35. The van der Waals surface area contributed by atoms with Crippen LogP contribution in [0.4, 0.5) is 4.39 Å². The van der Waals surface area contributed by atoms with Gasteiger partial charge in [0.25, 0.3) is 0 Å². The Labute approximate surface area is 117 Å². The van der Waals surface area contributed by atoms with Crippen molar-refractivity contribution in [2.24, 2.45) is 0 Å². The standard InChI is InChI=1S/C14H21BrFNO/c1-3-18-8-4-5-13(17-2)9-11-6-7-12(16)10-14(11)15/h6-7,10,13,17H,3-5,8-9H2,1-2H3. The van der Waals surface area contributed by atoms with Crippen molar-refractivity contribution in [3.63, 3.8) is 0 Å². The third-order valence-electron chi connectivity index (χ3n) is 2.94. The van der Waals surface area contributed by atoms with E-state index in [4.69, 9.17) is 4.74 Å². The number of benzene rings is 1. The Kier molecular flexibility index (Phi) is 7.47. The molecule has 0 aromatic heterocycles. The molecule has 0 amide bonds. The minimum absolute atomic E-state index is 0.206. The Bertz CT molecular complexity index is 360. The molecule has 102 valence electrons. The lowest BCUT2D eigenvalue weighted by Gasteiger charge is -2.17. The minimum Gasteiger partial charge on any atom is -0.382 e. The molecule has 0 fully saturated rings. The first-order chi connectivity index (χ1) is 8.67. The molecule has 2 nitrogen and oxygen atoms in total. The predicted octanol–water partition coefficient (Wildman–Crippen LogP) is 3.54. The van der Waals surface area contributed by atoms with Gasteiger partial charge in [0.05, 0.1) is 0 Å². The van der Waals surface area contributed by atoms with Crippen LogP contribution in [0.15, 0.2) is 22.7 Å². The number of halogens is 2. The van der Waals surface area contributed by atoms with E-state index in [0.717, 1.165) is 42.5 Å². The molecule has 1 atom stereocenters. The maximum absolute atomic E-state index is 13.0. The zero-order chi connectivity index (χ0) is 13.4. The highest BCUT2D eigenvalue weighted by Crippen LogP contribution is 2.20. The van der Waals surface area contributed by atoms with Gasteiger partial charge < -0.3 is 10.1 Å². The highest BCUT2D eigenvalue weighted by atomic mass is 79.9. The van der Waals surface area contributed by atoms with Crippen molar-refractivity contribution in [3.05, 3.63) is 34.1 Å². The molecular weight excluding hydrogens is 297 g/mol. The van der Waals surface area contributed by atoms with E-state index in [1.165, 1.54) is 12.1 Å². The summed E-state index contributed by atoms with van der Waals surface area (Å²) in [5.74, 6) is -0.206. The number of likely N-dealkylation sites (N-methyl/N-ethyl adjacent to an activating group) is 1. The van der Waals surface area contributed by atoms with Crippen LogP contribution in [0.1, 0.15) is 25.3 Å². The summed E-state index contributed by atoms with van der Waals surface area (Å²) in [6.07, 6.45) is 2.99. The number of rotatable bonds is 8. The summed E-state index contributed by atoms with van der Waals surface area (Å²) in [5.41, 5.74) is 1.13. The molecule has 0 bridgehead atoms. The summed E-state index contributed by atoms with van der Waals surface area (Å²) in [6.45, 7) is 3.58. The third-order valence-corrected chi connectivity index (χ3v) is 3.67. The molecule has 0 radical (unpaired) electrons. The highest BCUT2D eigenvalue weighted by molar-refractivity contribution is 9.10. The van der Waals surface area contributed by atoms with Gasteiger partial charge in [-0.05, 0) is 50.9 Å². The fourth-order valence-corrected chi connectivity index (χ4v) is 2.39. The van der Waals surface area contributed by atoms with Crippen LogP contribution in [0.5, 0.6) is 0 Å². The number of ether oxygens (including phenoxy) is 1. The minimum atomic E-state index is -0.206. The smallest absolute Gasteiger partial charge is 0.124 e. The predicted molar refractivity (Wildman–Crippen MR) is 76.4 cm³/mol. The fourth-order valence-electron chi connectivity index (χ4n) is 1.88. The van der Waals surface area contributed by atoms with Crippen LogP contribution in [-0.2, 0) is 11.2 Å². The number of hydrogen-bond donors (Lipinski definition) is 1. The number of hydrogen-bond acceptors (Lipinski definition) is 2. The molecule has 1 rings (SSSR count). The summed E-state index contributed by atoms with van der Waals surface area (Å²) in [6, 6.07) is 5.26. The van der Waals surface area contributed by atoms with Gasteiger partial charge in [0.2, 0.25) is 0 Å². The monoisotopic (exact) mass is 317 g/mol. The van der Waals surface area contributed by atoms with Gasteiger partial charge in [-0.1, -0.05) is 22.0 Å². The Morgan fingerprint density at radius 1 is 1.44 bits per heavy atom. The summed E-state index contributed by atoms with van der Waals surface area (Å²) in [7, 11) is 1.96. The van der Waals surface area contributed by atoms with Gasteiger partial charge in [-0.3, -0.25) is 0 Å². The van der Waals surface area contributed by atoms with Crippen molar-refractivity contribution in [3.8, 4) is 0 Å². The zero-order valence-corrected chi connectivity index (χ0v) is 12.6. The first-order valence-corrected chi connectivity index (χ1v) is 7.15. The fraction of sp³-hybridized carbons (Fsp3) is 0.571. The molecule has 4 heteroatoms. The topological polar surface area (TPSA) is 21.3 Å². The maximum atomic E-state index is 13.0. The normalized spacial score (nSPS) is 12.7. The van der Waals surface area contributed by atoms with Crippen LogP contribution in [0.25, 0.3) is 0 Å². The average molecular weight is 318 g/mol. The van der Waals surface area contributed by atoms with Crippen molar-refractivity contribution in [2.45, 2.75) is 32.2 Å². The van der Waals surface area contributed by atoms with E-state index in [1.807, 2.05) is 20.0 Å². The summed E-state index contributed by atoms with van der Waals surface area (Å²) in [5, 5.41) is 3.30. The van der Waals surface area contributed by atoms with E-state index < -0.39 is 0 Å². The van der Waals surface area contributed by atoms with Gasteiger partial charge in [-0.15, -0.1) is 0 Å². The Morgan fingerprint density at radius 2 is 2.22 bits per heavy atom. The number of nitrogens with one attached hydrogen (secondary N) is 1. The molecule has 1 aromatic carbocycles. The zero-order valence-electron chi connectivity index (χ0n) is 11.0. The van der Waals surface area contributed by atoms with E-state index in [0.29, 0.717) is 6.04 Å².